The van der Waals surface area contributed by atoms with Gasteiger partial charge in [-0.05, 0) is 31.4 Å². The van der Waals surface area contributed by atoms with Gasteiger partial charge < -0.3 is 5.32 Å². The van der Waals surface area contributed by atoms with Crippen molar-refractivity contribution in [3.8, 4) is 0 Å². The van der Waals surface area contributed by atoms with E-state index in [0.717, 1.165) is 24.5 Å². The fraction of sp³-hybridized carbons (Fsp3) is 0.412. The van der Waals surface area contributed by atoms with E-state index in [1.54, 1.807) is 11.3 Å². The maximum atomic E-state index is 12.2. The van der Waals surface area contributed by atoms with E-state index in [1.807, 2.05) is 20.0 Å². The zero-order valence-corrected chi connectivity index (χ0v) is 13.8. The third-order valence-electron chi connectivity index (χ3n) is 3.96. The molecule has 1 aliphatic heterocycles. The highest BCUT2D eigenvalue weighted by Gasteiger charge is 2.19. The summed E-state index contributed by atoms with van der Waals surface area (Å²) in [5, 5.41) is 4.02. The van der Waals surface area contributed by atoms with E-state index in [9.17, 15) is 4.79 Å². The van der Waals surface area contributed by atoms with Crippen molar-refractivity contribution in [3.05, 3.63) is 51.5 Å². The molecule has 5 heteroatoms. The molecule has 1 N–H and O–H groups in total. The van der Waals surface area contributed by atoms with E-state index in [4.69, 9.17) is 0 Å². The maximum Gasteiger partial charge on any atom is 0.234 e. The molecule has 0 saturated carbocycles. The van der Waals surface area contributed by atoms with Gasteiger partial charge in [-0.25, -0.2) is 4.98 Å². The molecule has 0 radical (unpaired) electrons. The van der Waals surface area contributed by atoms with Crippen molar-refractivity contribution in [2.75, 3.05) is 13.1 Å². The molecule has 1 atom stereocenters. The lowest BCUT2D eigenvalue weighted by Crippen LogP contribution is -2.40. The fourth-order valence-electron chi connectivity index (χ4n) is 2.81. The number of carbonyl (C=O) groups excluding carboxylic acids is 1. The lowest BCUT2D eigenvalue weighted by atomic mass is 10.00. The van der Waals surface area contributed by atoms with Crippen LogP contribution in [0.2, 0.25) is 0 Å². The summed E-state index contributed by atoms with van der Waals surface area (Å²) in [5.74, 6) is 0.0692. The number of thiazole rings is 1. The van der Waals surface area contributed by atoms with Crippen molar-refractivity contribution in [2.24, 2.45) is 0 Å². The Hall–Kier alpha value is -1.72. The first-order valence-electron chi connectivity index (χ1n) is 7.62. The molecule has 2 heterocycles. The molecule has 3 rings (SSSR count). The van der Waals surface area contributed by atoms with Crippen LogP contribution < -0.4 is 5.32 Å². The van der Waals surface area contributed by atoms with Crippen molar-refractivity contribution in [2.45, 2.75) is 32.9 Å². The molecule has 0 bridgehead atoms. The molecule has 1 amide bonds. The van der Waals surface area contributed by atoms with E-state index in [0.29, 0.717) is 6.54 Å². The number of aromatic nitrogens is 1. The lowest BCUT2D eigenvalue weighted by molar-refractivity contribution is -0.123. The minimum atomic E-state index is -0.0247. The lowest BCUT2D eigenvalue weighted by Gasteiger charge is -2.28. The topological polar surface area (TPSA) is 45.2 Å². The average molecular weight is 315 g/mol. The summed E-state index contributed by atoms with van der Waals surface area (Å²) in [7, 11) is 0. The zero-order valence-electron chi connectivity index (χ0n) is 13.0. The van der Waals surface area contributed by atoms with Gasteiger partial charge in [0.25, 0.3) is 0 Å². The van der Waals surface area contributed by atoms with Crippen molar-refractivity contribution in [1.29, 1.82) is 0 Å². The largest absolute Gasteiger partial charge is 0.346 e. The van der Waals surface area contributed by atoms with Crippen LogP contribution in [-0.2, 0) is 17.8 Å². The van der Waals surface area contributed by atoms with E-state index < -0.39 is 0 Å². The minimum Gasteiger partial charge on any atom is -0.346 e. The van der Waals surface area contributed by atoms with Crippen LogP contribution in [0, 0.1) is 6.92 Å². The van der Waals surface area contributed by atoms with Gasteiger partial charge in [0.15, 0.2) is 0 Å². The Morgan fingerprint density at radius 2 is 2.18 bits per heavy atom. The van der Waals surface area contributed by atoms with E-state index in [-0.39, 0.29) is 11.9 Å². The van der Waals surface area contributed by atoms with E-state index >= 15 is 0 Å². The summed E-state index contributed by atoms with van der Waals surface area (Å²) in [5.41, 5.74) is 2.75. The van der Waals surface area contributed by atoms with Gasteiger partial charge in [-0.15, -0.1) is 11.3 Å². The zero-order chi connectivity index (χ0) is 15.5. The smallest absolute Gasteiger partial charge is 0.234 e. The molecule has 1 aromatic carbocycles. The maximum absolute atomic E-state index is 12.2. The second kappa shape index (κ2) is 6.58. The summed E-state index contributed by atoms with van der Waals surface area (Å²) in [6.07, 6.45) is 2.87. The Morgan fingerprint density at radius 3 is 2.91 bits per heavy atom. The summed E-state index contributed by atoms with van der Waals surface area (Å²) >= 11 is 1.64. The monoisotopic (exact) mass is 315 g/mol. The first-order valence-corrected chi connectivity index (χ1v) is 8.44. The summed E-state index contributed by atoms with van der Waals surface area (Å²) in [6, 6.07) is 8.46. The molecular formula is C17H21N3OS. The number of nitrogens with one attached hydrogen (secondary N) is 1. The number of benzene rings is 1. The molecule has 0 fully saturated rings. The van der Waals surface area contributed by atoms with Crippen molar-refractivity contribution < 1.29 is 4.79 Å². The Kier molecular flexibility index (Phi) is 4.55. The normalized spacial score (nSPS) is 16.1. The Labute approximate surface area is 135 Å². The number of carbonyl (C=O) groups is 1. The molecule has 22 heavy (non-hydrogen) atoms. The summed E-state index contributed by atoms with van der Waals surface area (Å²) in [4.78, 5) is 19.9. The average Bonchev–Trinajstić information content (AvgIpc) is 2.94. The minimum absolute atomic E-state index is 0.0247. The van der Waals surface area contributed by atoms with Crippen LogP contribution in [0.3, 0.4) is 0 Å². The highest BCUT2D eigenvalue weighted by Crippen LogP contribution is 2.20. The van der Waals surface area contributed by atoms with Gasteiger partial charge in [0.2, 0.25) is 5.91 Å². The molecule has 1 aromatic heterocycles. The van der Waals surface area contributed by atoms with Gasteiger partial charge in [-0.3, -0.25) is 9.69 Å². The van der Waals surface area contributed by atoms with Crippen LogP contribution in [0.5, 0.6) is 0 Å². The molecule has 0 aliphatic carbocycles. The number of amides is 1. The predicted octanol–water partition coefficient (Wildman–Crippen LogP) is 2.69. The third kappa shape index (κ3) is 3.54. The van der Waals surface area contributed by atoms with Crippen LogP contribution >= 0.6 is 11.3 Å². The molecule has 0 spiro atoms. The standard InChI is InChI=1S/C17H21N3OS/c1-12-9-18-17(22-12)13(2)19-16(21)11-20-8-7-14-5-3-4-6-15(14)10-20/h3-6,9,13H,7-8,10-11H2,1-2H3,(H,19,21). The third-order valence-corrected chi connectivity index (χ3v) is 5.06. The quantitative estimate of drug-likeness (QED) is 0.943. The summed E-state index contributed by atoms with van der Waals surface area (Å²) in [6.45, 7) is 6.26. The predicted molar refractivity (Wildman–Crippen MR) is 88.8 cm³/mol. The highest BCUT2D eigenvalue weighted by molar-refractivity contribution is 7.11. The number of aryl methyl sites for hydroxylation is 1. The first kappa shape index (κ1) is 15.2. The van der Waals surface area contributed by atoms with Crippen molar-refractivity contribution in [1.82, 2.24) is 15.2 Å². The SMILES string of the molecule is Cc1cnc(C(C)NC(=O)CN2CCc3ccccc3C2)s1. The van der Waals surface area contributed by atoms with E-state index in [1.165, 1.54) is 16.0 Å². The van der Waals surface area contributed by atoms with Crippen LogP contribution in [0.25, 0.3) is 0 Å². The molecule has 0 saturated heterocycles. The van der Waals surface area contributed by atoms with Gasteiger partial charge >= 0.3 is 0 Å². The second-order valence-electron chi connectivity index (χ2n) is 5.83. The number of hydrogen-bond acceptors (Lipinski definition) is 4. The number of fused-ring (bicyclic) bond motifs is 1. The first-order chi connectivity index (χ1) is 10.6. The van der Waals surface area contributed by atoms with E-state index in [2.05, 4.69) is 39.5 Å². The van der Waals surface area contributed by atoms with Crippen LogP contribution in [-0.4, -0.2) is 28.9 Å². The molecule has 1 unspecified atom stereocenters. The molecule has 2 aromatic rings. The Bertz CT molecular complexity index is 667. The van der Waals surface area contributed by atoms with Crippen LogP contribution in [0.15, 0.2) is 30.5 Å². The van der Waals surface area contributed by atoms with Gasteiger partial charge in [0.1, 0.15) is 5.01 Å². The molecule has 116 valence electrons. The summed E-state index contributed by atoms with van der Waals surface area (Å²) < 4.78 is 0. The molecule has 1 aliphatic rings. The van der Waals surface area contributed by atoms with Gasteiger partial charge in [-0.1, -0.05) is 24.3 Å². The van der Waals surface area contributed by atoms with Crippen LogP contribution in [0.1, 0.15) is 34.0 Å². The number of hydrogen-bond donors (Lipinski definition) is 1. The van der Waals surface area contributed by atoms with Gasteiger partial charge in [0.05, 0.1) is 12.6 Å². The highest BCUT2D eigenvalue weighted by atomic mass is 32.1. The Balaban J connectivity index is 1.54. The molecule has 4 nitrogen and oxygen atoms in total. The van der Waals surface area contributed by atoms with Crippen LogP contribution in [0.4, 0.5) is 0 Å². The number of rotatable bonds is 4. The molecular weight excluding hydrogens is 294 g/mol. The van der Waals surface area contributed by atoms with Gasteiger partial charge in [-0.2, -0.15) is 0 Å². The second-order valence-corrected chi connectivity index (χ2v) is 7.09. The van der Waals surface area contributed by atoms with Gasteiger partial charge in [0, 0.05) is 24.2 Å². The Morgan fingerprint density at radius 1 is 1.41 bits per heavy atom. The van der Waals surface area contributed by atoms with Crippen molar-refractivity contribution in [3.63, 3.8) is 0 Å². The number of nitrogens with zero attached hydrogens (tertiary/aromatic N) is 2. The fourth-order valence-corrected chi connectivity index (χ4v) is 3.59. The van der Waals surface area contributed by atoms with Crippen molar-refractivity contribution >= 4 is 17.2 Å².